The third-order valence-corrected chi connectivity index (χ3v) is 3.21. The van der Waals surface area contributed by atoms with E-state index < -0.39 is 0 Å². The van der Waals surface area contributed by atoms with E-state index in [-0.39, 0.29) is 5.91 Å². The molecular formula is C16H19NO. The fourth-order valence-corrected chi connectivity index (χ4v) is 2.11. The SMILES string of the molecule is CCCCN(C)C(=O)c1cccc2ccccc12. The summed E-state index contributed by atoms with van der Waals surface area (Å²) in [6.45, 7) is 2.95. The van der Waals surface area contributed by atoms with Crippen molar-refractivity contribution < 1.29 is 4.79 Å². The van der Waals surface area contributed by atoms with Gasteiger partial charge in [0.05, 0.1) is 0 Å². The molecule has 0 unspecified atom stereocenters. The van der Waals surface area contributed by atoms with E-state index in [2.05, 4.69) is 6.92 Å². The Hall–Kier alpha value is -1.83. The molecule has 0 radical (unpaired) electrons. The number of fused-ring (bicyclic) bond motifs is 1. The van der Waals surface area contributed by atoms with Crippen LogP contribution in [0.1, 0.15) is 30.1 Å². The van der Waals surface area contributed by atoms with Gasteiger partial charge < -0.3 is 4.90 Å². The van der Waals surface area contributed by atoms with E-state index in [1.807, 2.05) is 54.4 Å². The van der Waals surface area contributed by atoms with Crippen LogP contribution in [0.2, 0.25) is 0 Å². The molecule has 0 aliphatic rings. The van der Waals surface area contributed by atoms with E-state index in [0.29, 0.717) is 0 Å². The highest BCUT2D eigenvalue weighted by molar-refractivity contribution is 6.06. The summed E-state index contributed by atoms with van der Waals surface area (Å²) >= 11 is 0. The molecule has 2 aromatic rings. The molecule has 0 saturated carbocycles. The molecule has 94 valence electrons. The van der Waals surface area contributed by atoms with Crippen LogP contribution in [0, 0.1) is 0 Å². The maximum atomic E-state index is 12.4. The van der Waals surface area contributed by atoms with Crippen LogP contribution >= 0.6 is 0 Å². The number of amides is 1. The van der Waals surface area contributed by atoms with E-state index in [1.165, 1.54) is 0 Å². The normalized spacial score (nSPS) is 10.6. The van der Waals surface area contributed by atoms with Gasteiger partial charge in [-0.15, -0.1) is 0 Å². The van der Waals surface area contributed by atoms with Crippen molar-refractivity contribution in [2.75, 3.05) is 13.6 Å². The van der Waals surface area contributed by atoms with Gasteiger partial charge in [-0.3, -0.25) is 4.79 Å². The summed E-state index contributed by atoms with van der Waals surface area (Å²) in [7, 11) is 1.87. The Kier molecular flexibility index (Phi) is 3.98. The summed E-state index contributed by atoms with van der Waals surface area (Å²) in [6, 6.07) is 13.9. The summed E-state index contributed by atoms with van der Waals surface area (Å²) in [5.41, 5.74) is 0.798. The third kappa shape index (κ3) is 2.53. The number of carbonyl (C=O) groups is 1. The number of unbranched alkanes of at least 4 members (excludes halogenated alkanes) is 1. The highest BCUT2D eigenvalue weighted by Gasteiger charge is 2.13. The van der Waals surface area contributed by atoms with Crippen molar-refractivity contribution >= 4 is 16.7 Å². The smallest absolute Gasteiger partial charge is 0.254 e. The number of carbonyl (C=O) groups excluding carboxylic acids is 1. The summed E-state index contributed by atoms with van der Waals surface area (Å²) in [5.74, 6) is 0.111. The van der Waals surface area contributed by atoms with Crippen LogP contribution in [0.5, 0.6) is 0 Å². The molecule has 18 heavy (non-hydrogen) atoms. The van der Waals surface area contributed by atoms with Crippen LogP contribution in [-0.4, -0.2) is 24.4 Å². The summed E-state index contributed by atoms with van der Waals surface area (Å²) in [4.78, 5) is 14.2. The van der Waals surface area contributed by atoms with Gasteiger partial charge in [0.2, 0.25) is 0 Å². The molecule has 0 atom stereocenters. The second-order valence-corrected chi connectivity index (χ2v) is 4.61. The Balaban J connectivity index is 2.33. The van der Waals surface area contributed by atoms with Crippen LogP contribution in [-0.2, 0) is 0 Å². The first-order chi connectivity index (χ1) is 8.74. The molecule has 2 nitrogen and oxygen atoms in total. The Labute approximate surface area is 108 Å². The van der Waals surface area contributed by atoms with Gasteiger partial charge in [-0.05, 0) is 23.3 Å². The van der Waals surface area contributed by atoms with Crippen molar-refractivity contribution in [3.8, 4) is 0 Å². The van der Waals surface area contributed by atoms with Crippen molar-refractivity contribution in [3.05, 3.63) is 48.0 Å². The Morgan fingerprint density at radius 2 is 1.83 bits per heavy atom. The highest BCUT2D eigenvalue weighted by Crippen LogP contribution is 2.19. The van der Waals surface area contributed by atoms with Gasteiger partial charge in [0.25, 0.3) is 5.91 Å². The molecule has 0 aliphatic heterocycles. The molecule has 2 rings (SSSR count). The average Bonchev–Trinajstić information content (AvgIpc) is 2.43. The first-order valence-corrected chi connectivity index (χ1v) is 6.47. The Morgan fingerprint density at radius 3 is 2.61 bits per heavy atom. The third-order valence-electron chi connectivity index (χ3n) is 3.21. The van der Waals surface area contributed by atoms with Crippen molar-refractivity contribution in [2.45, 2.75) is 19.8 Å². The maximum Gasteiger partial charge on any atom is 0.254 e. The predicted octanol–water partition coefficient (Wildman–Crippen LogP) is 3.71. The fourth-order valence-electron chi connectivity index (χ4n) is 2.11. The topological polar surface area (TPSA) is 20.3 Å². The molecule has 0 bridgehead atoms. The molecule has 0 N–H and O–H groups in total. The van der Waals surface area contributed by atoms with Crippen LogP contribution in [0.3, 0.4) is 0 Å². The van der Waals surface area contributed by atoms with Crippen molar-refractivity contribution in [3.63, 3.8) is 0 Å². The predicted molar refractivity (Wildman–Crippen MR) is 75.8 cm³/mol. The summed E-state index contributed by atoms with van der Waals surface area (Å²) < 4.78 is 0. The van der Waals surface area contributed by atoms with Crippen LogP contribution in [0.4, 0.5) is 0 Å². The number of hydrogen-bond donors (Lipinski definition) is 0. The lowest BCUT2D eigenvalue weighted by atomic mass is 10.0. The lowest BCUT2D eigenvalue weighted by Gasteiger charge is -2.17. The van der Waals surface area contributed by atoms with E-state index in [1.54, 1.807) is 0 Å². The minimum Gasteiger partial charge on any atom is -0.342 e. The molecule has 0 aromatic heterocycles. The zero-order valence-electron chi connectivity index (χ0n) is 11.0. The number of benzene rings is 2. The lowest BCUT2D eigenvalue weighted by molar-refractivity contribution is 0.0795. The van der Waals surface area contributed by atoms with Crippen LogP contribution in [0.15, 0.2) is 42.5 Å². The molecule has 0 spiro atoms. The standard InChI is InChI=1S/C16H19NO/c1-3-4-12-17(2)16(18)15-11-7-9-13-8-5-6-10-14(13)15/h5-11H,3-4,12H2,1-2H3. The van der Waals surface area contributed by atoms with Gasteiger partial charge in [-0.2, -0.15) is 0 Å². The average molecular weight is 241 g/mol. The second kappa shape index (κ2) is 5.67. The van der Waals surface area contributed by atoms with E-state index in [0.717, 1.165) is 35.7 Å². The Morgan fingerprint density at radius 1 is 1.11 bits per heavy atom. The second-order valence-electron chi connectivity index (χ2n) is 4.61. The number of rotatable bonds is 4. The lowest BCUT2D eigenvalue weighted by Crippen LogP contribution is -2.27. The zero-order chi connectivity index (χ0) is 13.0. The molecule has 0 saturated heterocycles. The van der Waals surface area contributed by atoms with Crippen LogP contribution in [0.25, 0.3) is 10.8 Å². The molecule has 1 amide bonds. The van der Waals surface area contributed by atoms with Gasteiger partial charge in [0, 0.05) is 19.2 Å². The van der Waals surface area contributed by atoms with Crippen molar-refractivity contribution in [2.24, 2.45) is 0 Å². The van der Waals surface area contributed by atoms with Crippen molar-refractivity contribution in [1.82, 2.24) is 4.90 Å². The largest absolute Gasteiger partial charge is 0.342 e. The molecule has 0 heterocycles. The quantitative estimate of drug-likeness (QED) is 0.799. The molecular weight excluding hydrogens is 222 g/mol. The van der Waals surface area contributed by atoms with Gasteiger partial charge in [0.15, 0.2) is 0 Å². The highest BCUT2D eigenvalue weighted by atomic mass is 16.2. The number of nitrogens with zero attached hydrogens (tertiary/aromatic N) is 1. The minimum atomic E-state index is 0.111. The first-order valence-electron chi connectivity index (χ1n) is 6.47. The van der Waals surface area contributed by atoms with Crippen LogP contribution < -0.4 is 0 Å². The fraction of sp³-hybridized carbons (Fsp3) is 0.312. The van der Waals surface area contributed by atoms with Gasteiger partial charge in [-0.1, -0.05) is 49.7 Å². The zero-order valence-corrected chi connectivity index (χ0v) is 11.0. The van der Waals surface area contributed by atoms with Crippen molar-refractivity contribution in [1.29, 1.82) is 0 Å². The van der Waals surface area contributed by atoms with Gasteiger partial charge >= 0.3 is 0 Å². The molecule has 0 fully saturated rings. The Bertz CT molecular complexity index is 542. The minimum absolute atomic E-state index is 0.111. The monoisotopic (exact) mass is 241 g/mol. The van der Waals surface area contributed by atoms with Gasteiger partial charge in [0.1, 0.15) is 0 Å². The summed E-state index contributed by atoms with van der Waals surface area (Å²) in [6.07, 6.45) is 2.15. The maximum absolute atomic E-state index is 12.4. The molecule has 2 heteroatoms. The van der Waals surface area contributed by atoms with E-state index in [4.69, 9.17) is 0 Å². The van der Waals surface area contributed by atoms with E-state index in [9.17, 15) is 4.79 Å². The first kappa shape index (κ1) is 12.6. The molecule has 0 aliphatic carbocycles. The molecule has 2 aromatic carbocycles. The number of hydrogen-bond acceptors (Lipinski definition) is 1. The summed E-state index contributed by atoms with van der Waals surface area (Å²) in [5, 5.41) is 2.15. The van der Waals surface area contributed by atoms with E-state index >= 15 is 0 Å². The van der Waals surface area contributed by atoms with Gasteiger partial charge in [-0.25, -0.2) is 0 Å².